The molecule has 0 aromatic rings. The topological polar surface area (TPSA) is 52.0 Å². The lowest BCUT2D eigenvalue weighted by Gasteiger charge is -2.05. The SMILES string of the molecule is CCCCCC(N)CN. The molecule has 2 nitrogen and oxygen atoms in total. The fourth-order valence-electron chi connectivity index (χ4n) is 0.774. The molecule has 0 aliphatic rings. The van der Waals surface area contributed by atoms with Gasteiger partial charge in [0, 0.05) is 12.6 Å². The first kappa shape index (κ1) is 8.92. The van der Waals surface area contributed by atoms with Crippen LogP contribution >= 0.6 is 0 Å². The van der Waals surface area contributed by atoms with Gasteiger partial charge in [-0.05, 0) is 6.42 Å². The highest BCUT2D eigenvalue weighted by atomic mass is 14.7. The Bertz CT molecular complexity index is 54.9. The molecule has 1 atom stereocenters. The summed E-state index contributed by atoms with van der Waals surface area (Å²) in [5, 5.41) is 0. The van der Waals surface area contributed by atoms with Gasteiger partial charge in [0.25, 0.3) is 0 Å². The minimum atomic E-state index is 0.233. The third kappa shape index (κ3) is 5.80. The molecule has 0 fully saturated rings. The van der Waals surface area contributed by atoms with Crippen molar-refractivity contribution in [3.8, 4) is 0 Å². The Morgan fingerprint density at radius 2 is 2.00 bits per heavy atom. The van der Waals surface area contributed by atoms with E-state index in [4.69, 9.17) is 11.5 Å². The molecule has 0 bridgehead atoms. The summed E-state index contributed by atoms with van der Waals surface area (Å²) in [4.78, 5) is 0. The van der Waals surface area contributed by atoms with Crippen molar-refractivity contribution in [2.24, 2.45) is 11.5 Å². The summed E-state index contributed by atoms with van der Waals surface area (Å²) in [7, 11) is 0. The van der Waals surface area contributed by atoms with E-state index in [-0.39, 0.29) is 6.04 Å². The maximum absolute atomic E-state index is 5.59. The minimum absolute atomic E-state index is 0.233. The first-order valence-corrected chi connectivity index (χ1v) is 3.77. The van der Waals surface area contributed by atoms with Crippen LogP contribution in [0.15, 0.2) is 0 Å². The highest BCUT2D eigenvalue weighted by Crippen LogP contribution is 1.99. The van der Waals surface area contributed by atoms with Gasteiger partial charge in [-0.1, -0.05) is 26.2 Å². The van der Waals surface area contributed by atoms with E-state index in [1.807, 2.05) is 0 Å². The van der Waals surface area contributed by atoms with Crippen LogP contribution < -0.4 is 11.5 Å². The lowest BCUT2D eigenvalue weighted by molar-refractivity contribution is 0.566. The lowest BCUT2D eigenvalue weighted by Crippen LogP contribution is -2.29. The van der Waals surface area contributed by atoms with Gasteiger partial charge in [-0.3, -0.25) is 0 Å². The van der Waals surface area contributed by atoms with E-state index >= 15 is 0 Å². The molecule has 0 spiro atoms. The van der Waals surface area contributed by atoms with E-state index in [1.54, 1.807) is 0 Å². The largest absolute Gasteiger partial charge is 0.329 e. The van der Waals surface area contributed by atoms with Gasteiger partial charge in [0.1, 0.15) is 0 Å². The van der Waals surface area contributed by atoms with E-state index in [1.165, 1.54) is 19.3 Å². The van der Waals surface area contributed by atoms with E-state index in [0.717, 1.165) is 6.42 Å². The molecule has 0 aromatic heterocycles. The predicted molar refractivity (Wildman–Crippen MR) is 41.2 cm³/mol. The lowest BCUT2D eigenvalue weighted by atomic mass is 10.1. The van der Waals surface area contributed by atoms with Crippen molar-refractivity contribution in [2.45, 2.75) is 38.6 Å². The molecule has 0 saturated heterocycles. The smallest absolute Gasteiger partial charge is 0.0163 e. The molecule has 56 valence electrons. The van der Waals surface area contributed by atoms with Crippen LogP contribution in [-0.2, 0) is 0 Å². The third-order valence-corrected chi connectivity index (χ3v) is 1.48. The summed E-state index contributed by atoms with van der Waals surface area (Å²) in [6, 6.07) is 0.233. The van der Waals surface area contributed by atoms with Gasteiger partial charge in [0.15, 0.2) is 0 Å². The number of hydrogen-bond acceptors (Lipinski definition) is 2. The van der Waals surface area contributed by atoms with Gasteiger partial charge in [-0.15, -0.1) is 0 Å². The van der Waals surface area contributed by atoms with Crippen molar-refractivity contribution in [3.05, 3.63) is 0 Å². The minimum Gasteiger partial charge on any atom is -0.329 e. The second-order valence-electron chi connectivity index (χ2n) is 2.49. The Morgan fingerprint density at radius 3 is 2.44 bits per heavy atom. The van der Waals surface area contributed by atoms with Crippen molar-refractivity contribution in [1.82, 2.24) is 0 Å². The summed E-state index contributed by atoms with van der Waals surface area (Å²) in [6.45, 7) is 2.82. The van der Waals surface area contributed by atoms with Gasteiger partial charge in [0.2, 0.25) is 0 Å². The summed E-state index contributed by atoms with van der Waals surface area (Å²) < 4.78 is 0. The Morgan fingerprint density at radius 1 is 1.33 bits per heavy atom. The predicted octanol–water partition coefficient (Wildman–Crippen LogP) is 0.853. The Hall–Kier alpha value is -0.0800. The van der Waals surface area contributed by atoms with Gasteiger partial charge in [-0.25, -0.2) is 0 Å². The fourth-order valence-corrected chi connectivity index (χ4v) is 0.774. The number of unbranched alkanes of at least 4 members (excludes halogenated alkanes) is 2. The second kappa shape index (κ2) is 6.05. The third-order valence-electron chi connectivity index (χ3n) is 1.48. The van der Waals surface area contributed by atoms with Crippen molar-refractivity contribution >= 4 is 0 Å². The highest BCUT2D eigenvalue weighted by molar-refractivity contribution is 4.60. The summed E-state index contributed by atoms with van der Waals surface area (Å²) in [5.41, 5.74) is 10.9. The molecule has 4 N–H and O–H groups in total. The van der Waals surface area contributed by atoms with Crippen molar-refractivity contribution in [2.75, 3.05) is 6.54 Å². The normalized spacial score (nSPS) is 13.7. The van der Waals surface area contributed by atoms with Gasteiger partial charge < -0.3 is 11.5 Å². The average molecular weight is 130 g/mol. The van der Waals surface area contributed by atoms with Crippen LogP contribution in [0.25, 0.3) is 0 Å². The molecular formula is C7H18N2. The molecule has 9 heavy (non-hydrogen) atoms. The fraction of sp³-hybridized carbons (Fsp3) is 1.00. The van der Waals surface area contributed by atoms with Crippen molar-refractivity contribution in [1.29, 1.82) is 0 Å². The summed E-state index contributed by atoms with van der Waals surface area (Å²) >= 11 is 0. The zero-order valence-electron chi connectivity index (χ0n) is 6.27. The van der Waals surface area contributed by atoms with E-state index in [9.17, 15) is 0 Å². The Balaban J connectivity index is 2.88. The molecule has 0 aromatic carbocycles. The van der Waals surface area contributed by atoms with Crippen LogP contribution in [0.5, 0.6) is 0 Å². The first-order chi connectivity index (χ1) is 4.31. The van der Waals surface area contributed by atoms with Crippen LogP contribution in [0.2, 0.25) is 0 Å². The van der Waals surface area contributed by atoms with Crippen LogP contribution in [0, 0.1) is 0 Å². The standard InChI is InChI=1S/C7H18N2/c1-2-3-4-5-7(9)6-8/h7H,2-6,8-9H2,1H3. The van der Waals surface area contributed by atoms with Crippen molar-refractivity contribution in [3.63, 3.8) is 0 Å². The van der Waals surface area contributed by atoms with Crippen LogP contribution in [0.1, 0.15) is 32.6 Å². The van der Waals surface area contributed by atoms with Gasteiger partial charge in [-0.2, -0.15) is 0 Å². The Labute approximate surface area is 57.6 Å². The van der Waals surface area contributed by atoms with Crippen LogP contribution in [-0.4, -0.2) is 12.6 Å². The van der Waals surface area contributed by atoms with Gasteiger partial charge >= 0.3 is 0 Å². The molecule has 0 heterocycles. The van der Waals surface area contributed by atoms with Gasteiger partial charge in [0.05, 0.1) is 0 Å². The maximum Gasteiger partial charge on any atom is 0.0163 e. The molecule has 0 saturated carbocycles. The first-order valence-electron chi connectivity index (χ1n) is 3.77. The van der Waals surface area contributed by atoms with E-state index in [2.05, 4.69) is 6.92 Å². The number of rotatable bonds is 5. The maximum atomic E-state index is 5.59. The number of hydrogen-bond donors (Lipinski definition) is 2. The summed E-state index contributed by atoms with van der Waals surface area (Å²) in [6.07, 6.45) is 4.87. The van der Waals surface area contributed by atoms with E-state index < -0.39 is 0 Å². The van der Waals surface area contributed by atoms with Crippen LogP contribution in [0.3, 0.4) is 0 Å². The Kier molecular flexibility index (Phi) is 5.99. The molecule has 0 aliphatic heterocycles. The summed E-state index contributed by atoms with van der Waals surface area (Å²) in [5.74, 6) is 0. The molecule has 0 radical (unpaired) electrons. The second-order valence-corrected chi connectivity index (χ2v) is 2.49. The van der Waals surface area contributed by atoms with Crippen LogP contribution in [0.4, 0.5) is 0 Å². The zero-order chi connectivity index (χ0) is 7.11. The quantitative estimate of drug-likeness (QED) is 0.542. The van der Waals surface area contributed by atoms with E-state index in [0.29, 0.717) is 6.54 Å². The monoisotopic (exact) mass is 130 g/mol. The zero-order valence-corrected chi connectivity index (χ0v) is 6.27. The molecule has 2 heteroatoms. The average Bonchev–Trinajstić information content (AvgIpc) is 1.89. The number of nitrogens with two attached hydrogens (primary N) is 2. The molecule has 0 rings (SSSR count). The highest BCUT2D eigenvalue weighted by Gasteiger charge is 1.96. The molecule has 1 unspecified atom stereocenters. The molecular weight excluding hydrogens is 112 g/mol. The van der Waals surface area contributed by atoms with Crippen molar-refractivity contribution < 1.29 is 0 Å². The molecule has 0 amide bonds. The molecule has 0 aliphatic carbocycles.